The molecule has 0 unspecified atom stereocenters. The standard InChI is InChI=1S/C24H28FN3O/c1-16(2)15-28-11-9-17(10-12-28)22-14-26-23-8-7-20(13-21(22)23)27-24(29)18-3-5-19(25)6-4-18/h3-8,13-14,16-17,26H,9-12,15H2,1-2H3,(H,27,29). The number of hydrogen-bond acceptors (Lipinski definition) is 2. The van der Waals surface area contributed by atoms with Gasteiger partial charge in [0, 0.05) is 34.9 Å². The van der Waals surface area contributed by atoms with Gasteiger partial charge in [0.15, 0.2) is 0 Å². The smallest absolute Gasteiger partial charge is 0.255 e. The summed E-state index contributed by atoms with van der Waals surface area (Å²) in [6.07, 6.45) is 4.44. The van der Waals surface area contributed by atoms with Crippen molar-refractivity contribution in [1.29, 1.82) is 0 Å². The van der Waals surface area contributed by atoms with Crippen LogP contribution in [0.5, 0.6) is 0 Å². The molecule has 1 aromatic heterocycles. The van der Waals surface area contributed by atoms with Crippen molar-refractivity contribution in [1.82, 2.24) is 9.88 Å². The number of aromatic nitrogens is 1. The monoisotopic (exact) mass is 393 g/mol. The number of benzene rings is 2. The van der Waals surface area contributed by atoms with Crippen LogP contribution in [-0.2, 0) is 0 Å². The number of fused-ring (bicyclic) bond motifs is 1. The van der Waals surface area contributed by atoms with Gasteiger partial charge in [-0.15, -0.1) is 0 Å². The molecule has 2 heterocycles. The van der Waals surface area contributed by atoms with Crippen molar-refractivity contribution < 1.29 is 9.18 Å². The van der Waals surface area contributed by atoms with Crippen LogP contribution in [0.3, 0.4) is 0 Å². The molecule has 1 fully saturated rings. The molecule has 0 aliphatic carbocycles. The first-order chi connectivity index (χ1) is 14.0. The summed E-state index contributed by atoms with van der Waals surface area (Å²) >= 11 is 0. The van der Waals surface area contributed by atoms with E-state index in [2.05, 4.69) is 35.2 Å². The lowest BCUT2D eigenvalue weighted by Gasteiger charge is -2.33. The van der Waals surface area contributed by atoms with Gasteiger partial charge in [-0.05, 0) is 85.8 Å². The third kappa shape index (κ3) is 4.51. The van der Waals surface area contributed by atoms with Gasteiger partial charge in [-0.2, -0.15) is 0 Å². The van der Waals surface area contributed by atoms with E-state index in [1.807, 2.05) is 18.2 Å². The van der Waals surface area contributed by atoms with Crippen LogP contribution >= 0.6 is 0 Å². The van der Waals surface area contributed by atoms with Crippen molar-refractivity contribution in [3.8, 4) is 0 Å². The van der Waals surface area contributed by atoms with Crippen LogP contribution < -0.4 is 5.32 Å². The van der Waals surface area contributed by atoms with Crippen molar-refractivity contribution in [2.75, 3.05) is 25.0 Å². The lowest BCUT2D eigenvalue weighted by Crippen LogP contribution is -2.35. The van der Waals surface area contributed by atoms with Crippen molar-refractivity contribution in [3.63, 3.8) is 0 Å². The predicted octanol–water partition coefficient (Wildman–Crippen LogP) is 5.39. The number of H-pyrrole nitrogens is 1. The molecule has 1 aliphatic rings. The quantitative estimate of drug-likeness (QED) is 0.610. The first-order valence-corrected chi connectivity index (χ1v) is 10.4. The molecule has 0 spiro atoms. The van der Waals surface area contributed by atoms with Crippen molar-refractivity contribution >= 4 is 22.5 Å². The summed E-state index contributed by atoms with van der Waals surface area (Å²) < 4.78 is 13.1. The molecular weight excluding hydrogens is 365 g/mol. The highest BCUT2D eigenvalue weighted by Crippen LogP contribution is 2.34. The minimum Gasteiger partial charge on any atom is -0.361 e. The van der Waals surface area contributed by atoms with Gasteiger partial charge in [0.1, 0.15) is 5.82 Å². The summed E-state index contributed by atoms with van der Waals surface area (Å²) in [5.41, 5.74) is 3.62. The number of likely N-dealkylation sites (tertiary alicyclic amines) is 1. The van der Waals surface area contributed by atoms with Crippen LogP contribution in [0.15, 0.2) is 48.7 Å². The second-order valence-electron chi connectivity index (χ2n) is 8.43. The summed E-state index contributed by atoms with van der Waals surface area (Å²) in [5, 5.41) is 4.11. The van der Waals surface area contributed by atoms with E-state index in [-0.39, 0.29) is 11.7 Å². The second kappa shape index (κ2) is 8.37. The molecule has 1 saturated heterocycles. The fourth-order valence-electron chi connectivity index (χ4n) is 4.31. The highest BCUT2D eigenvalue weighted by Gasteiger charge is 2.23. The number of amides is 1. The largest absolute Gasteiger partial charge is 0.361 e. The molecule has 4 nitrogen and oxygen atoms in total. The number of hydrogen-bond donors (Lipinski definition) is 2. The predicted molar refractivity (Wildman–Crippen MR) is 116 cm³/mol. The lowest BCUT2D eigenvalue weighted by atomic mass is 9.89. The number of carbonyl (C=O) groups excluding carboxylic acids is 1. The van der Waals surface area contributed by atoms with E-state index in [0.717, 1.165) is 37.1 Å². The summed E-state index contributed by atoms with van der Waals surface area (Å²) in [4.78, 5) is 18.4. The van der Waals surface area contributed by atoms with Gasteiger partial charge in [-0.25, -0.2) is 4.39 Å². The van der Waals surface area contributed by atoms with Gasteiger partial charge < -0.3 is 15.2 Å². The zero-order valence-electron chi connectivity index (χ0n) is 17.0. The van der Waals surface area contributed by atoms with E-state index >= 15 is 0 Å². The number of nitrogens with one attached hydrogen (secondary N) is 2. The average Bonchev–Trinajstić information content (AvgIpc) is 3.12. The van der Waals surface area contributed by atoms with Crippen LogP contribution in [0, 0.1) is 11.7 Å². The number of aromatic amines is 1. The molecule has 1 aliphatic heterocycles. The third-order valence-electron chi connectivity index (χ3n) is 5.73. The van der Waals surface area contributed by atoms with Crippen LogP contribution in [0.1, 0.15) is 48.5 Å². The van der Waals surface area contributed by atoms with E-state index in [1.54, 1.807) is 0 Å². The number of nitrogens with zero attached hydrogens (tertiary/aromatic N) is 1. The van der Waals surface area contributed by atoms with E-state index in [1.165, 1.54) is 41.8 Å². The van der Waals surface area contributed by atoms with E-state index in [4.69, 9.17) is 0 Å². The Kier molecular flexibility index (Phi) is 5.67. The molecule has 152 valence electrons. The maximum Gasteiger partial charge on any atom is 0.255 e. The first kappa shape index (κ1) is 19.6. The molecule has 5 heteroatoms. The van der Waals surface area contributed by atoms with E-state index < -0.39 is 0 Å². The van der Waals surface area contributed by atoms with Gasteiger partial charge in [0.2, 0.25) is 0 Å². The average molecular weight is 394 g/mol. The summed E-state index contributed by atoms with van der Waals surface area (Å²) in [5.74, 6) is 0.657. The minimum atomic E-state index is -0.348. The second-order valence-corrected chi connectivity index (χ2v) is 8.43. The zero-order valence-corrected chi connectivity index (χ0v) is 17.0. The fraction of sp³-hybridized carbons (Fsp3) is 0.375. The minimum absolute atomic E-state index is 0.233. The Morgan fingerprint density at radius 2 is 1.90 bits per heavy atom. The number of piperidine rings is 1. The molecule has 0 saturated carbocycles. The van der Waals surface area contributed by atoms with Gasteiger partial charge in [-0.1, -0.05) is 13.8 Å². The maximum atomic E-state index is 13.1. The summed E-state index contributed by atoms with van der Waals surface area (Å²) in [7, 11) is 0. The van der Waals surface area contributed by atoms with Crippen molar-refractivity contribution in [2.45, 2.75) is 32.6 Å². The Bertz CT molecular complexity index is 985. The Labute approximate surface area is 171 Å². The molecule has 3 aromatic rings. The number of rotatable bonds is 5. The Hall–Kier alpha value is -2.66. The highest BCUT2D eigenvalue weighted by molar-refractivity contribution is 6.05. The van der Waals surface area contributed by atoms with Crippen LogP contribution in [0.4, 0.5) is 10.1 Å². The van der Waals surface area contributed by atoms with Gasteiger partial charge in [0.25, 0.3) is 5.91 Å². The fourth-order valence-corrected chi connectivity index (χ4v) is 4.31. The van der Waals surface area contributed by atoms with E-state index in [0.29, 0.717) is 17.4 Å². The Balaban J connectivity index is 1.49. The van der Waals surface area contributed by atoms with Crippen LogP contribution in [0.25, 0.3) is 10.9 Å². The Morgan fingerprint density at radius 1 is 1.17 bits per heavy atom. The van der Waals surface area contributed by atoms with Crippen molar-refractivity contribution in [3.05, 3.63) is 65.6 Å². The maximum absolute atomic E-state index is 13.1. The number of anilines is 1. The third-order valence-corrected chi connectivity index (χ3v) is 5.73. The first-order valence-electron chi connectivity index (χ1n) is 10.4. The van der Waals surface area contributed by atoms with Crippen molar-refractivity contribution in [2.24, 2.45) is 5.92 Å². The molecular formula is C24H28FN3O. The topological polar surface area (TPSA) is 48.1 Å². The Morgan fingerprint density at radius 3 is 2.59 bits per heavy atom. The zero-order chi connectivity index (χ0) is 20.4. The summed E-state index contributed by atoms with van der Waals surface area (Å²) in [6, 6.07) is 11.5. The molecule has 0 radical (unpaired) electrons. The number of halogens is 1. The molecule has 0 bridgehead atoms. The van der Waals surface area contributed by atoms with Gasteiger partial charge in [0.05, 0.1) is 0 Å². The molecule has 2 aromatic carbocycles. The highest BCUT2D eigenvalue weighted by atomic mass is 19.1. The molecule has 0 atom stereocenters. The van der Waals surface area contributed by atoms with E-state index in [9.17, 15) is 9.18 Å². The normalized spacial score (nSPS) is 15.9. The lowest BCUT2D eigenvalue weighted by molar-refractivity contribution is 0.102. The van der Waals surface area contributed by atoms with Gasteiger partial charge in [-0.3, -0.25) is 4.79 Å². The molecule has 1 amide bonds. The number of carbonyl (C=O) groups is 1. The van der Waals surface area contributed by atoms with Gasteiger partial charge >= 0.3 is 0 Å². The molecule has 2 N–H and O–H groups in total. The molecule has 29 heavy (non-hydrogen) atoms. The van der Waals surface area contributed by atoms with Crippen LogP contribution in [-0.4, -0.2) is 35.4 Å². The molecule has 4 rings (SSSR count). The SMILES string of the molecule is CC(C)CN1CCC(c2c[nH]c3ccc(NC(=O)c4ccc(F)cc4)cc23)CC1. The summed E-state index contributed by atoms with van der Waals surface area (Å²) in [6.45, 7) is 7.98. The van der Waals surface area contributed by atoms with Crippen LogP contribution in [0.2, 0.25) is 0 Å².